The Balaban J connectivity index is 1.52. The van der Waals surface area contributed by atoms with Crippen molar-refractivity contribution in [3.05, 3.63) is 40.8 Å². The van der Waals surface area contributed by atoms with Crippen LogP contribution in [0.25, 0.3) is 10.4 Å². The predicted molar refractivity (Wildman–Crippen MR) is 128 cm³/mol. The molecule has 8 nitrogen and oxygen atoms in total. The predicted octanol–water partition coefficient (Wildman–Crippen LogP) is 2.20. The first-order valence-electron chi connectivity index (χ1n) is 11.3. The number of carbonyl (C=O) groups is 1. The lowest BCUT2D eigenvalue weighted by molar-refractivity contribution is 0.0374. The first-order chi connectivity index (χ1) is 15.9. The summed E-state index contributed by atoms with van der Waals surface area (Å²) in [5, 5.41) is 4.98. The number of nitrogens with zero attached hydrogens (tertiary/aromatic N) is 2. The van der Waals surface area contributed by atoms with Crippen LogP contribution in [0.1, 0.15) is 22.3 Å². The summed E-state index contributed by atoms with van der Waals surface area (Å²) in [6.07, 6.45) is 0.828. The van der Waals surface area contributed by atoms with E-state index in [1.807, 2.05) is 18.4 Å². The molecule has 1 aromatic heterocycles. The maximum atomic E-state index is 13.3. The van der Waals surface area contributed by atoms with Crippen LogP contribution in [0.4, 0.5) is 0 Å². The summed E-state index contributed by atoms with van der Waals surface area (Å²) in [7, 11) is -3.72. The van der Waals surface area contributed by atoms with Crippen molar-refractivity contribution in [1.29, 1.82) is 0 Å². The number of hydrogen-bond acceptors (Lipinski definition) is 7. The smallest absolute Gasteiger partial charge is 0.251 e. The molecule has 180 valence electrons. The number of amides is 1. The van der Waals surface area contributed by atoms with Crippen LogP contribution >= 0.6 is 11.3 Å². The van der Waals surface area contributed by atoms with Crippen LogP contribution in [-0.4, -0.2) is 89.2 Å². The number of ether oxygens (including phenoxy) is 2. The molecule has 0 radical (unpaired) electrons. The third kappa shape index (κ3) is 6.20. The van der Waals surface area contributed by atoms with Gasteiger partial charge in [-0.1, -0.05) is 0 Å². The van der Waals surface area contributed by atoms with E-state index in [2.05, 4.69) is 10.2 Å². The number of carbonyl (C=O) groups excluding carboxylic acids is 1. The highest BCUT2D eigenvalue weighted by Crippen LogP contribution is 2.31. The van der Waals surface area contributed by atoms with Gasteiger partial charge in [0.15, 0.2) is 0 Å². The van der Waals surface area contributed by atoms with E-state index in [0.717, 1.165) is 55.3 Å². The molecule has 2 fully saturated rings. The molecular weight excluding hydrogens is 462 g/mol. The monoisotopic (exact) mass is 493 g/mol. The highest BCUT2D eigenvalue weighted by Gasteiger charge is 2.28. The van der Waals surface area contributed by atoms with E-state index in [1.165, 1.54) is 21.7 Å². The number of nitrogens with one attached hydrogen (secondary N) is 1. The van der Waals surface area contributed by atoms with Crippen LogP contribution in [0.3, 0.4) is 0 Å². The first kappa shape index (κ1) is 24.3. The Morgan fingerprint density at radius 2 is 1.73 bits per heavy atom. The minimum absolute atomic E-state index is 0.145. The summed E-state index contributed by atoms with van der Waals surface area (Å²) in [4.78, 5) is 16.4. The van der Waals surface area contributed by atoms with Crippen molar-refractivity contribution in [3.8, 4) is 10.4 Å². The molecule has 0 bridgehead atoms. The van der Waals surface area contributed by atoms with E-state index in [-0.39, 0.29) is 10.8 Å². The van der Waals surface area contributed by atoms with Crippen LogP contribution < -0.4 is 5.32 Å². The highest BCUT2D eigenvalue weighted by atomic mass is 32.2. The Morgan fingerprint density at radius 3 is 2.39 bits per heavy atom. The largest absolute Gasteiger partial charge is 0.379 e. The summed E-state index contributed by atoms with van der Waals surface area (Å²) >= 11 is 1.54. The Hall–Kier alpha value is -1.82. The van der Waals surface area contributed by atoms with Crippen molar-refractivity contribution < 1.29 is 22.7 Å². The molecule has 0 unspecified atom stereocenters. The minimum Gasteiger partial charge on any atom is -0.379 e. The van der Waals surface area contributed by atoms with Crippen molar-refractivity contribution in [2.75, 3.05) is 65.7 Å². The number of morpholine rings is 2. The fraction of sp³-hybridized carbons (Fsp3) is 0.522. The molecule has 33 heavy (non-hydrogen) atoms. The zero-order chi connectivity index (χ0) is 23.3. The van der Waals surface area contributed by atoms with Crippen LogP contribution in [0.5, 0.6) is 0 Å². The van der Waals surface area contributed by atoms with E-state index in [4.69, 9.17) is 9.47 Å². The molecule has 1 amide bonds. The molecule has 4 rings (SSSR count). The third-order valence-corrected chi connectivity index (χ3v) is 8.81. The number of hydrogen-bond donors (Lipinski definition) is 1. The van der Waals surface area contributed by atoms with Gasteiger partial charge in [-0.25, -0.2) is 8.42 Å². The second-order valence-corrected chi connectivity index (χ2v) is 11.2. The fourth-order valence-electron chi connectivity index (χ4n) is 3.97. The summed E-state index contributed by atoms with van der Waals surface area (Å²) in [6, 6.07) is 6.95. The van der Waals surface area contributed by atoms with Crippen LogP contribution in [0, 0.1) is 6.92 Å². The van der Waals surface area contributed by atoms with Gasteiger partial charge in [0.05, 0.1) is 31.3 Å². The van der Waals surface area contributed by atoms with Gasteiger partial charge < -0.3 is 14.8 Å². The molecular formula is C23H31N3O5S2. The molecule has 0 aliphatic carbocycles. The number of thiophene rings is 1. The topological polar surface area (TPSA) is 88.2 Å². The highest BCUT2D eigenvalue weighted by molar-refractivity contribution is 7.89. The zero-order valence-electron chi connectivity index (χ0n) is 18.9. The van der Waals surface area contributed by atoms with Gasteiger partial charge in [0, 0.05) is 43.2 Å². The normalized spacial score (nSPS) is 18.3. The van der Waals surface area contributed by atoms with E-state index in [1.54, 1.807) is 12.1 Å². The average molecular weight is 494 g/mol. The van der Waals surface area contributed by atoms with Crippen LogP contribution in [0.15, 0.2) is 34.5 Å². The number of rotatable bonds is 8. The first-order valence-corrected chi connectivity index (χ1v) is 13.6. The lowest BCUT2D eigenvalue weighted by atomic mass is 10.1. The standard InChI is InChI=1S/C23H31N3O5S2/c1-18-13-22(32-17-18)19-14-20(23(27)24-3-2-4-25-5-9-30-10-6-25)16-21(15-19)33(28,29)26-7-11-31-12-8-26/h13-17H,2-12H2,1H3,(H,24,27). The second-order valence-electron chi connectivity index (χ2n) is 8.31. The van der Waals surface area contributed by atoms with E-state index in [9.17, 15) is 13.2 Å². The average Bonchev–Trinajstić information content (AvgIpc) is 3.29. The van der Waals surface area contributed by atoms with Gasteiger partial charge in [0.1, 0.15) is 0 Å². The summed E-state index contributed by atoms with van der Waals surface area (Å²) < 4.78 is 38.7. The SMILES string of the molecule is Cc1csc(-c2cc(C(=O)NCCCN3CCOCC3)cc(S(=O)(=O)N3CCOCC3)c2)c1. The quantitative estimate of drug-likeness (QED) is 0.568. The van der Waals surface area contributed by atoms with Gasteiger partial charge in [-0.15, -0.1) is 11.3 Å². The van der Waals surface area contributed by atoms with Crippen molar-refractivity contribution in [1.82, 2.24) is 14.5 Å². The Bertz CT molecular complexity index is 1060. The molecule has 2 aliphatic rings. The van der Waals surface area contributed by atoms with Gasteiger partial charge >= 0.3 is 0 Å². The molecule has 0 spiro atoms. The molecule has 2 aliphatic heterocycles. The van der Waals surface area contributed by atoms with Gasteiger partial charge in [-0.3, -0.25) is 9.69 Å². The molecule has 0 atom stereocenters. The molecule has 1 aromatic carbocycles. The maximum Gasteiger partial charge on any atom is 0.251 e. The van der Waals surface area contributed by atoms with Gasteiger partial charge in [0.25, 0.3) is 5.91 Å². The minimum atomic E-state index is -3.72. The number of benzene rings is 1. The summed E-state index contributed by atoms with van der Waals surface area (Å²) in [6.45, 7) is 8.14. The molecule has 10 heteroatoms. The Kier molecular flexibility index (Phi) is 8.15. The van der Waals surface area contributed by atoms with Gasteiger partial charge in [-0.2, -0.15) is 4.31 Å². The fourth-order valence-corrected chi connectivity index (χ4v) is 6.34. The molecule has 1 N–H and O–H groups in total. The van der Waals surface area contributed by atoms with E-state index in [0.29, 0.717) is 38.4 Å². The Labute approximate surface area is 199 Å². The number of sulfonamides is 1. The molecule has 0 saturated carbocycles. The zero-order valence-corrected chi connectivity index (χ0v) is 20.6. The van der Waals surface area contributed by atoms with Crippen molar-refractivity contribution in [2.45, 2.75) is 18.2 Å². The van der Waals surface area contributed by atoms with Crippen LogP contribution in [-0.2, 0) is 19.5 Å². The van der Waals surface area contributed by atoms with Crippen molar-refractivity contribution >= 4 is 27.3 Å². The number of aryl methyl sites for hydroxylation is 1. The van der Waals surface area contributed by atoms with Crippen LogP contribution in [0.2, 0.25) is 0 Å². The van der Waals surface area contributed by atoms with Crippen molar-refractivity contribution in [2.24, 2.45) is 0 Å². The second kappa shape index (κ2) is 11.1. The van der Waals surface area contributed by atoms with E-state index < -0.39 is 10.0 Å². The molecule has 3 heterocycles. The van der Waals surface area contributed by atoms with Gasteiger partial charge in [0.2, 0.25) is 10.0 Å². The van der Waals surface area contributed by atoms with Crippen molar-refractivity contribution in [3.63, 3.8) is 0 Å². The lowest BCUT2D eigenvalue weighted by Gasteiger charge is -2.26. The molecule has 2 saturated heterocycles. The van der Waals surface area contributed by atoms with E-state index >= 15 is 0 Å². The third-order valence-electron chi connectivity index (χ3n) is 5.83. The lowest BCUT2D eigenvalue weighted by Crippen LogP contribution is -2.40. The molecule has 2 aromatic rings. The Morgan fingerprint density at radius 1 is 1.03 bits per heavy atom. The van der Waals surface area contributed by atoms with Gasteiger partial charge in [-0.05, 0) is 60.7 Å². The summed E-state index contributed by atoms with van der Waals surface area (Å²) in [5.41, 5.74) is 2.20. The maximum absolute atomic E-state index is 13.3. The summed E-state index contributed by atoms with van der Waals surface area (Å²) in [5.74, 6) is -0.259.